The summed E-state index contributed by atoms with van der Waals surface area (Å²) in [5, 5.41) is 30.6. The highest BCUT2D eigenvalue weighted by molar-refractivity contribution is 5.73. The van der Waals surface area contributed by atoms with E-state index in [-0.39, 0.29) is 18.4 Å². The van der Waals surface area contributed by atoms with E-state index in [2.05, 4.69) is 5.32 Å². The molecule has 0 aromatic rings. The van der Waals surface area contributed by atoms with Crippen LogP contribution < -0.4 is 5.32 Å². The lowest BCUT2D eigenvalue weighted by Crippen LogP contribution is -2.60. The molecule has 1 rings (SSSR count). The van der Waals surface area contributed by atoms with Crippen molar-refractivity contribution < 1.29 is 24.9 Å². The first-order valence-electron chi connectivity index (χ1n) is 4.87. The number of carbonyl (C=O) groups excluding carboxylic acids is 1. The van der Waals surface area contributed by atoms with Crippen molar-refractivity contribution in [1.29, 1.82) is 0 Å². The third-order valence-corrected chi connectivity index (χ3v) is 2.66. The molecule has 4 N–H and O–H groups in total. The van der Waals surface area contributed by atoms with Crippen LogP contribution in [0.1, 0.15) is 13.8 Å². The number of amides is 1. The second-order valence-electron chi connectivity index (χ2n) is 3.82. The maximum absolute atomic E-state index is 10.8. The van der Waals surface area contributed by atoms with E-state index >= 15 is 0 Å². The summed E-state index contributed by atoms with van der Waals surface area (Å²) in [5.41, 5.74) is 0. The van der Waals surface area contributed by atoms with Gasteiger partial charge in [0.2, 0.25) is 5.91 Å². The van der Waals surface area contributed by atoms with Gasteiger partial charge in [-0.25, -0.2) is 0 Å². The molecule has 6 nitrogen and oxygen atoms in total. The number of aliphatic hydroxyl groups is 3. The Morgan fingerprint density at radius 2 is 2.07 bits per heavy atom. The number of carbonyl (C=O) groups is 1. The van der Waals surface area contributed by atoms with Gasteiger partial charge in [-0.3, -0.25) is 4.79 Å². The minimum atomic E-state index is -1.29. The molecule has 0 aliphatic carbocycles. The number of aliphatic hydroxyl groups excluding tert-OH is 3. The van der Waals surface area contributed by atoms with Crippen LogP contribution in [0.4, 0.5) is 0 Å². The number of hydrogen-bond acceptors (Lipinski definition) is 5. The maximum Gasteiger partial charge on any atom is 0.217 e. The summed E-state index contributed by atoms with van der Waals surface area (Å²) < 4.78 is 5.06. The normalized spacial score (nSPS) is 41.3. The smallest absolute Gasteiger partial charge is 0.217 e. The summed E-state index contributed by atoms with van der Waals surface area (Å²) in [5.74, 6) is -0.702. The Bertz CT molecular complexity index is 235. The molecule has 88 valence electrons. The van der Waals surface area contributed by atoms with E-state index in [9.17, 15) is 15.0 Å². The standard InChI is InChI=1S/C9H17NO5/c1-4-6(3-11)15-9(14)7(8(4)13)10-5(2)12/h4,6-9,11,13-14H,3H2,1-2H3,(H,10,12)/t4-,6+,7+,8-,9?/m0/s1. The molecule has 0 aromatic heterocycles. The number of hydrogen-bond donors (Lipinski definition) is 4. The zero-order chi connectivity index (χ0) is 11.6. The van der Waals surface area contributed by atoms with Crippen molar-refractivity contribution in [3.8, 4) is 0 Å². The predicted octanol–water partition coefficient (Wildman–Crippen LogP) is -1.80. The average molecular weight is 219 g/mol. The van der Waals surface area contributed by atoms with Gasteiger partial charge in [0.15, 0.2) is 6.29 Å². The molecule has 6 heteroatoms. The average Bonchev–Trinajstić information content (AvgIpc) is 2.18. The van der Waals surface area contributed by atoms with Crippen LogP contribution in [0.15, 0.2) is 0 Å². The van der Waals surface area contributed by atoms with Gasteiger partial charge in [-0.05, 0) is 0 Å². The van der Waals surface area contributed by atoms with Crippen molar-refractivity contribution in [3.05, 3.63) is 0 Å². The molecular formula is C9H17NO5. The Hall–Kier alpha value is -0.690. The first kappa shape index (κ1) is 12.4. The molecule has 1 unspecified atom stereocenters. The molecule has 0 aromatic carbocycles. The Labute approximate surface area is 87.9 Å². The van der Waals surface area contributed by atoms with E-state index in [0.29, 0.717) is 0 Å². The Kier molecular flexibility index (Phi) is 4.04. The number of nitrogens with one attached hydrogen (secondary N) is 1. The maximum atomic E-state index is 10.8. The highest BCUT2D eigenvalue weighted by Gasteiger charge is 2.42. The largest absolute Gasteiger partial charge is 0.394 e. The molecule has 1 heterocycles. The van der Waals surface area contributed by atoms with Crippen molar-refractivity contribution in [1.82, 2.24) is 5.32 Å². The molecule has 0 radical (unpaired) electrons. The zero-order valence-corrected chi connectivity index (χ0v) is 8.75. The lowest BCUT2D eigenvalue weighted by molar-refractivity contribution is -0.235. The molecule has 1 saturated heterocycles. The van der Waals surface area contributed by atoms with E-state index in [1.54, 1.807) is 6.92 Å². The zero-order valence-electron chi connectivity index (χ0n) is 8.75. The molecule has 0 saturated carbocycles. The molecule has 0 spiro atoms. The minimum absolute atomic E-state index is 0.276. The first-order chi connectivity index (χ1) is 6.97. The SMILES string of the molecule is CC(=O)N[C@H]1C(O)O[C@H](CO)[C@H](C)[C@@H]1O. The number of rotatable bonds is 2. The van der Waals surface area contributed by atoms with Crippen LogP contribution in [-0.2, 0) is 9.53 Å². The molecule has 1 aliphatic rings. The van der Waals surface area contributed by atoms with Gasteiger partial charge >= 0.3 is 0 Å². The second-order valence-corrected chi connectivity index (χ2v) is 3.82. The van der Waals surface area contributed by atoms with Crippen LogP contribution in [-0.4, -0.2) is 52.4 Å². The van der Waals surface area contributed by atoms with Gasteiger partial charge in [0.25, 0.3) is 0 Å². The second kappa shape index (κ2) is 4.89. The first-order valence-corrected chi connectivity index (χ1v) is 4.87. The quantitative estimate of drug-likeness (QED) is 0.439. The molecule has 5 atom stereocenters. The van der Waals surface area contributed by atoms with Crippen LogP contribution in [0.2, 0.25) is 0 Å². The fraction of sp³-hybridized carbons (Fsp3) is 0.889. The van der Waals surface area contributed by atoms with Crippen molar-refractivity contribution in [2.24, 2.45) is 5.92 Å². The monoisotopic (exact) mass is 219 g/mol. The van der Waals surface area contributed by atoms with E-state index in [0.717, 1.165) is 0 Å². The van der Waals surface area contributed by atoms with E-state index in [1.807, 2.05) is 0 Å². The van der Waals surface area contributed by atoms with E-state index < -0.39 is 24.5 Å². The molecule has 1 amide bonds. The lowest BCUT2D eigenvalue weighted by Gasteiger charge is -2.41. The van der Waals surface area contributed by atoms with Gasteiger partial charge in [0.05, 0.1) is 18.8 Å². The Balaban J connectivity index is 2.70. The third kappa shape index (κ3) is 2.66. The van der Waals surface area contributed by atoms with Gasteiger partial charge in [0, 0.05) is 12.8 Å². The highest BCUT2D eigenvalue weighted by atomic mass is 16.6. The summed E-state index contributed by atoms with van der Waals surface area (Å²) in [6.45, 7) is 2.70. The summed E-state index contributed by atoms with van der Waals surface area (Å²) in [6, 6.07) is -0.847. The summed E-state index contributed by atoms with van der Waals surface area (Å²) in [7, 11) is 0. The van der Waals surface area contributed by atoms with Crippen LogP contribution in [0.5, 0.6) is 0 Å². The van der Waals surface area contributed by atoms with Crippen LogP contribution in [0, 0.1) is 5.92 Å². The summed E-state index contributed by atoms with van der Waals surface area (Å²) >= 11 is 0. The minimum Gasteiger partial charge on any atom is -0.394 e. The predicted molar refractivity (Wildman–Crippen MR) is 50.7 cm³/mol. The van der Waals surface area contributed by atoms with Crippen LogP contribution >= 0.6 is 0 Å². The van der Waals surface area contributed by atoms with Crippen LogP contribution in [0.25, 0.3) is 0 Å². The van der Waals surface area contributed by atoms with Gasteiger partial charge in [0.1, 0.15) is 6.04 Å². The van der Waals surface area contributed by atoms with Gasteiger partial charge in [-0.2, -0.15) is 0 Å². The van der Waals surface area contributed by atoms with Crippen LogP contribution in [0.3, 0.4) is 0 Å². The Morgan fingerprint density at radius 3 is 2.53 bits per heavy atom. The van der Waals surface area contributed by atoms with E-state index in [4.69, 9.17) is 9.84 Å². The van der Waals surface area contributed by atoms with E-state index in [1.165, 1.54) is 6.92 Å². The summed E-state index contributed by atoms with van der Waals surface area (Å²) in [6.07, 6.45) is -2.84. The fourth-order valence-electron chi connectivity index (χ4n) is 1.70. The van der Waals surface area contributed by atoms with Gasteiger partial charge in [-0.1, -0.05) is 6.92 Å². The molecular weight excluding hydrogens is 202 g/mol. The van der Waals surface area contributed by atoms with Gasteiger partial charge in [-0.15, -0.1) is 0 Å². The van der Waals surface area contributed by atoms with Crippen molar-refractivity contribution >= 4 is 5.91 Å². The fourth-order valence-corrected chi connectivity index (χ4v) is 1.70. The van der Waals surface area contributed by atoms with Crippen molar-refractivity contribution in [2.75, 3.05) is 6.61 Å². The molecule has 1 aliphatic heterocycles. The third-order valence-electron chi connectivity index (χ3n) is 2.66. The highest BCUT2D eigenvalue weighted by Crippen LogP contribution is 2.24. The lowest BCUT2D eigenvalue weighted by atomic mass is 9.89. The molecule has 15 heavy (non-hydrogen) atoms. The number of ether oxygens (including phenoxy) is 1. The molecule has 0 bridgehead atoms. The Morgan fingerprint density at radius 1 is 1.47 bits per heavy atom. The van der Waals surface area contributed by atoms with Crippen molar-refractivity contribution in [3.63, 3.8) is 0 Å². The summed E-state index contributed by atoms with van der Waals surface area (Å²) in [4.78, 5) is 10.8. The van der Waals surface area contributed by atoms with Gasteiger partial charge < -0.3 is 25.4 Å². The topological polar surface area (TPSA) is 99.0 Å². The van der Waals surface area contributed by atoms with Crippen molar-refractivity contribution in [2.45, 2.75) is 38.4 Å². The molecule has 1 fully saturated rings.